The van der Waals surface area contributed by atoms with Gasteiger partial charge < -0.3 is 18.9 Å². The second kappa shape index (κ2) is 10.2. The van der Waals surface area contributed by atoms with Gasteiger partial charge in [-0.1, -0.05) is 50.2 Å². The van der Waals surface area contributed by atoms with Crippen LogP contribution in [0.1, 0.15) is 47.8 Å². The number of carbonyl (C=O) groups excluding carboxylic acids is 1. The average Bonchev–Trinajstić information content (AvgIpc) is 2.73. The zero-order chi connectivity index (χ0) is 21.7. The fourth-order valence-electron chi connectivity index (χ4n) is 3.62. The summed E-state index contributed by atoms with van der Waals surface area (Å²) >= 11 is 0. The lowest BCUT2D eigenvalue weighted by Gasteiger charge is -2.40. The fourth-order valence-corrected chi connectivity index (χ4v) is 3.62. The lowest BCUT2D eigenvalue weighted by atomic mass is 10.0. The number of hydrogen-bond acceptors (Lipinski definition) is 5. The standard InChI is InChI=1S/C25H32O5/c1-16(2)25-28-15-22(27-14-21-17(3)10-9-11-18(21)4)23(30-25)19(5)29-24(26)20-12-7-6-8-13-20/h6-13,16,19,22-23,25H,14-15H2,1-5H3/t19?,22-,23-,25+/m1/s1. The molecule has 0 spiro atoms. The van der Waals surface area contributed by atoms with Crippen LogP contribution in [-0.4, -0.2) is 37.2 Å². The van der Waals surface area contributed by atoms with E-state index in [0.717, 1.165) is 5.56 Å². The lowest BCUT2D eigenvalue weighted by Crippen LogP contribution is -2.52. The van der Waals surface area contributed by atoms with Gasteiger partial charge in [-0.15, -0.1) is 0 Å². The molecule has 1 aliphatic heterocycles. The molecule has 4 atom stereocenters. The highest BCUT2D eigenvalue weighted by Crippen LogP contribution is 2.26. The van der Waals surface area contributed by atoms with E-state index in [1.807, 2.05) is 45.0 Å². The van der Waals surface area contributed by atoms with E-state index in [2.05, 4.69) is 26.0 Å². The van der Waals surface area contributed by atoms with Crippen molar-refractivity contribution < 1.29 is 23.7 Å². The molecule has 0 amide bonds. The fraction of sp³-hybridized carbons (Fsp3) is 0.480. The van der Waals surface area contributed by atoms with Gasteiger partial charge >= 0.3 is 5.97 Å². The van der Waals surface area contributed by atoms with Gasteiger partial charge in [-0.3, -0.25) is 0 Å². The predicted molar refractivity (Wildman–Crippen MR) is 115 cm³/mol. The Balaban J connectivity index is 1.71. The van der Waals surface area contributed by atoms with Gasteiger partial charge in [0, 0.05) is 5.92 Å². The molecule has 1 fully saturated rings. The number of benzene rings is 2. The van der Waals surface area contributed by atoms with Crippen LogP contribution in [0, 0.1) is 19.8 Å². The molecule has 0 N–H and O–H groups in total. The first-order valence-electron chi connectivity index (χ1n) is 10.6. The van der Waals surface area contributed by atoms with Crippen LogP contribution in [0.4, 0.5) is 0 Å². The molecule has 30 heavy (non-hydrogen) atoms. The molecule has 2 aromatic rings. The molecule has 1 aliphatic rings. The zero-order valence-electron chi connectivity index (χ0n) is 18.5. The van der Waals surface area contributed by atoms with Crippen molar-refractivity contribution in [1.29, 1.82) is 0 Å². The highest BCUT2D eigenvalue weighted by atomic mass is 16.7. The minimum absolute atomic E-state index is 0.184. The Morgan fingerprint density at radius 3 is 2.33 bits per heavy atom. The molecule has 0 aromatic heterocycles. The van der Waals surface area contributed by atoms with Crippen molar-refractivity contribution in [1.82, 2.24) is 0 Å². The monoisotopic (exact) mass is 412 g/mol. The van der Waals surface area contributed by atoms with E-state index < -0.39 is 12.2 Å². The van der Waals surface area contributed by atoms with Crippen LogP contribution in [0.3, 0.4) is 0 Å². The Labute approximate surface area is 179 Å². The molecule has 1 unspecified atom stereocenters. The van der Waals surface area contributed by atoms with E-state index in [9.17, 15) is 4.79 Å². The number of rotatable bonds is 7. The van der Waals surface area contributed by atoms with Gasteiger partial charge in [-0.05, 0) is 49.6 Å². The maximum Gasteiger partial charge on any atom is 0.338 e. The Bertz CT molecular complexity index is 812. The molecule has 1 saturated heterocycles. The largest absolute Gasteiger partial charge is 0.456 e. The molecule has 162 valence electrons. The van der Waals surface area contributed by atoms with Crippen LogP contribution in [0.25, 0.3) is 0 Å². The van der Waals surface area contributed by atoms with Crippen LogP contribution < -0.4 is 0 Å². The van der Waals surface area contributed by atoms with Gasteiger partial charge in [0.1, 0.15) is 18.3 Å². The highest BCUT2D eigenvalue weighted by Gasteiger charge is 2.39. The van der Waals surface area contributed by atoms with E-state index >= 15 is 0 Å². The van der Waals surface area contributed by atoms with E-state index in [1.54, 1.807) is 12.1 Å². The number of esters is 1. The summed E-state index contributed by atoms with van der Waals surface area (Å²) in [5, 5.41) is 0. The molecule has 0 saturated carbocycles. The van der Waals surface area contributed by atoms with Crippen molar-refractivity contribution in [2.45, 2.75) is 65.8 Å². The van der Waals surface area contributed by atoms with Crippen LogP contribution >= 0.6 is 0 Å². The maximum atomic E-state index is 12.5. The molecule has 2 aromatic carbocycles. The summed E-state index contributed by atoms with van der Waals surface area (Å²) in [5.41, 5.74) is 4.06. The van der Waals surface area contributed by atoms with Crippen molar-refractivity contribution >= 4 is 5.97 Å². The van der Waals surface area contributed by atoms with Gasteiger partial charge in [0.2, 0.25) is 0 Å². The van der Waals surface area contributed by atoms with Crippen LogP contribution in [0.15, 0.2) is 48.5 Å². The van der Waals surface area contributed by atoms with Crippen molar-refractivity contribution in [3.63, 3.8) is 0 Å². The number of ether oxygens (including phenoxy) is 4. The van der Waals surface area contributed by atoms with E-state index in [1.165, 1.54) is 11.1 Å². The van der Waals surface area contributed by atoms with Crippen molar-refractivity contribution in [3.8, 4) is 0 Å². The first-order valence-corrected chi connectivity index (χ1v) is 10.6. The smallest absolute Gasteiger partial charge is 0.338 e. The van der Waals surface area contributed by atoms with Crippen LogP contribution in [-0.2, 0) is 25.6 Å². The second-order valence-electron chi connectivity index (χ2n) is 8.24. The van der Waals surface area contributed by atoms with Crippen LogP contribution in [0.2, 0.25) is 0 Å². The predicted octanol–water partition coefficient (Wildman–Crippen LogP) is 4.83. The summed E-state index contributed by atoms with van der Waals surface area (Å²) in [5.74, 6) is -0.183. The van der Waals surface area contributed by atoms with E-state index in [-0.39, 0.29) is 24.3 Å². The van der Waals surface area contributed by atoms with Gasteiger partial charge in [-0.2, -0.15) is 0 Å². The van der Waals surface area contributed by atoms with Gasteiger partial charge in [0.25, 0.3) is 0 Å². The Hall–Kier alpha value is -2.21. The number of carbonyl (C=O) groups is 1. The highest BCUT2D eigenvalue weighted by molar-refractivity contribution is 5.89. The van der Waals surface area contributed by atoms with Gasteiger partial charge in [0.15, 0.2) is 6.29 Å². The normalized spacial score (nSPS) is 22.7. The zero-order valence-corrected chi connectivity index (χ0v) is 18.5. The minimum Gasteiger partial charge on any atom is -0.456 e. The summed E-state index contributed by atoms with van der Waals surface area (Å²) < 4.78 is 24.0. The Morgan fingerprint density at radius 2 is 1.70 bits per heavy atom. The Kier molecular flexibility index (Phi) is 7.64. The van der Waals surface area contributed by atoms with Crippen LogP contribution in [0.5, 0.6) is 0 Å². The molecular formula is C25H32O5. The third-order valence-electron chi connectivity index (χ3n) is 5.48. The summed E-state index contributed by atoms with van der Waals surface area (Å²) in [7, 11) is 0. The number of hydrogen-bond donors (Lipinski definition) is 0. The third kappa shape index (κ3) is 5.48. The number of aryl methyl sites for hydroxylation is 2. The van der Waals surface area contributed by atoms with E-state index in [4.69, 9.17) is 18.9 Å². The molecule has 0 bridgehead atoms. The average molecular weight is 413 g/mol. The second-order valence-corrected chi connectivity index (χ2v) is 8.24. The first-order chi connectivity index (χ1) is 14.4. The summed E-state index contributed by atoms with van der Waals surface area (Å²) in [6.45, 7) is 10.9. The quantitative estimate of drug-likeness (QED) is 0.610. The molecule has 3 rings (SSSR count). The molecule has 1 heterocycles. The summed E-state index contributed by atoms with van der Waals surface area (Å²) in [6, 6.07) is 15.2. The first kappa shape index (κ1) is 22.5. The molecule has 5 heteroatoms. The van der Waals surface area contributed by atoms with Crippen molar-refractivity contribution in [2.75, 3.05) is 6.61 Å². The SMILES string of the molecule is Cc1cccc(C)c1CO[C@@H]1CO[C@H](C(C)C)O[C@@H]1C(C)OC(=O)c1ccccc1. The Morgan fingerprint density at radius 1 is 1.03 bits per heavy atom. The third-order valence-corrected chi connectivity index (χ3v) is 5.48. The summed E-state index contributed by atoms with van der Waals surface area (Å²) in [4.78, 5) is 12.5. The summed E-state index contributed by atoms with van der Waals surface area (Å²) in [6.07, 6.45) is -1.58. The topological polar surface area (TPSA) is 54.0 Å². The van der Waals surface area contributed by atoms with Gasteiger partial charge in [-0.25, -0.2) is 4.79 Å². The molecule has 0 aliphatic carbocycles. The minimum atomic E-state index is -0.481. The maximum absolute atomic E-state index is 12.5. The molecule has 5 nitrogen and oxygen atoms in total. The molecule has 0 radical (unpaired) electrons. The van der Waals surface area contributed by atoms with Crippen molar-refractivity contribution in [3.05, 3.63) is 70.8 Å². The lowest BCUT2D eigenvalue weighted by molar-refractivity contribution is -0.291. The molecular weight excluding hydrogens is 380 g/mol. The van der Waals surface area contributed by atoms with E-state index in [0.29, 0.717) is 18.8 Å². The van der Waals surface area contributed by atoms with Crippen molar-refractivity contribution in [2.24, 2.45) is 5.92 Å². The van der Waals surface area contributed by atoms with Gasteiger partial charge in [0.05, 0.1) is 18.8 Å².